The van der Waals surface area contributed by atoms with Gasteiger partial charge in [0.05, 0.1) is 5.69 Å². The Hall–Kier alpha value is -3.84. The molecule has 6 nitrogen and oxygen atoms in total. The van der Waals surface area contributed by atoms with E-state index in [1.807, 2.05) is 30.3 Å². The van der Waals surface area contributed by atoms with E-state index in [0.29, 0.717) is 22.7 Å². The first-order chi connectivity index (χ1) is 14.1. The van der Waals surface area contributed by atoms with Gasteiger partial charge < -0.3 is 4.74 Å². The third kappa shape index (κ3) is 4.04. The van der Waals surface area contributed by atoms with Gasteiger partial charge in [-0.25, -0.2) is 0 Å². The zero-order chi connectivity index (χ0) is 20.2. The van der Waals surface area contributed by atoms with Crippen LogP contribution in [0.4, 0.5) is 5.69 Å². The predicted molar refractivity (Wildman–Crippen MR) is 113 cm³/mol. The van der Waals surface area contributed by atoms with Crippen molar-refractivity contribution < 1.29 is 14.3 Å². The summed E-state index contributed by atoms with van der Waals surface area (Å²) in [5, 5.41) is 2.59. The second kappa shape index (κ2) is 8.04. The van der Waals surface area contributed by atoms with Crippen LogP contribution >= 0.6 is 12.2 Å². The molecule has 4 rings (SSSR count). The van der Waals surface area contributed by atoms with E-state index in [0.717, 1.165) is 0 Å². The molecule has 1 aliphatic rings. The van der Waals surface area contributed by atoms with Gasteiger partial charge in [-0.3, -0.25) is 24.8 Å². The first kappa shape index (κ1) is 18.5. The largest absolute Gasteiger partial charge is 0.457 e. The Morgan fingerprint density at radius 2 is 1.66 bits per heavy atom. The first-order valence-corrected chi connectivity index (χ1v) is 9.17. The molecule has 3 aromatic rings. The van der Waals surface area contributed by atoms with E-state index in [2.05, 4.69) is 10.3 Å². The number of benzene rings is 2. The lowest BCUT2D eigenvalue weighted by molar-refractivity contribution is -0.122. The highest BCUT2D eigenvalue weighted by Gasteiger charge is 2.34. The van der Waals surface area contributed by atoms with E-state index in [9.17, 15) is 9.59 Å². The molecule has 2 aromatic carbocycles. The van der Waals surface area contributed by atoms with Crippen molar-refractivity contribution in [3.05, 3.63) is 90.3 Å². The van der Waals surface area contributed by atoms with Crippen molar-refractivity contribution in [3.8, 4) is 11.5 Å². The third-order valence-electron chi connectivity index (χ3n) is 4.17. The average molecular weight is 401 g/mol. The summed E-state index contributed by atoms with van der Waals surface area (Å²) < 4.78 is 5.77. The molecule has 0 unspecified atom stereocenters. The van der Waals surface area contributed by atoms with E-state index < -0.39 is 11.8 Å². The summed E-state index contributed by atoms with van der Waals surface area (Å²) in [7, 11) is 0. The monoisotopic (exact) mass is 401 g/mol. The molecule has 2 heterocycles. The number of para-hydroxylation sites is 1. The number of pyridine rings is 1. The van der Waals surface area contributed by atoms with Gasteiger partial charge in [0.1, 0.15) is 17.1 Å². The first-order valence-electron chi connectivity index (χ1n) is 8.76. The number of nitrogens with zero attached hydrogens (tertiary/aromatic N) is 2. The summed E-state index contributed by atoms with van der Waals surface area (Å²) in [6.07, 6.45) is 4.68. The number of ether oxygens (including phenoxy) is 1. The van der Waals surface area contributed by atoms with E-state index in [1.54, 1.807) is 48.8 Å². The molecular formula is C22H15N3O3S. The molecule has 0 bridgehead atoms. The number of nitrogens with one attached hydrogen (secondary N) is 1. The molecule has 1 aromatic heterocycles. The lowest BCUT2D eigenvalue weighted by Crippen LogP contribution is -2.54. The number of rotatable bonds is 4. The summed E-state index contributed by atoms with van der Waals surface area (Å²) in [5.74, 6) is 0.285. The molecule has 1 N–H and O–H groups in total. The fraction of sp³-hybridized carbons (Fsp3) is 0. The zero-order valence-corrected chi connectivity index (χ0v) is 15.9. The van der Waals surface area contributed by atoms with Gasteiger partial charge in [-0.15, -0.1) is 0 Å². The predicted octanol–water partition coefficient (Wildman–Crippen LogP) is 3.71. The second-order valence-electron chi connectivity index (χ2n) is 6.15. The molecule has 1 aliphatic heterocycles. The second-order valence-corrected chi connectivity index (χ2v) is 6.54. The molecule has 0 saturated carbocycles. The van der Waals surface area contributed by atoms with Crippen LogP contribution in [0, 0.1) is 0 Å². The summed E-state index contributed by atoms with van der Waals surface area (Å²) in [6.45, 7) is 0. The number of anilines is 1. The van der Waals surface area contributed by atoms with Gasteiger partial charge >= 0.3 is 0 Å². The maximum atomic E-state index is 13.0. The van der Waals surface area contributed by atoms with Gasteiger partial charge in [0, 0.05) is 12.4 Å². The highest BCUT2D eigenvalue weighted by atomic mass is 32.1. The highest BCUT2D eigenvalue weighted by Crippen LogP contribution is 2.27. The SMILES string of the molecule is O=C1NC(=S)N(c2ccc(Oc3ccccc3)cc2)C(=O)/C1=C/c1cccnc1. The molecule has 7 heteroatoms. The number of hydrogen-bond acceptors (Lipinski definition) is 5. The van der Waals surface area contributed by atoms with Crippen LogP contribution < -0.4 is 15.0 Å². The van der Waals surface area contributed by atoms with Crippen LogP contribution in [-0.4, -0.2) is 21.9 Å². The molecule has 2 amide bonds. The topological polar surface area (TPSA) is 71.5 Å². The molecule has 0 radical (unpaired) electrons. The molecule has 29 heavy (non-hydrogen) atoms. The molecule has 1 fully saturated rings. The standard InChI is InChI=1S/C22H15N3O3S/c26-20-19(13-15-5-4-12-23-14-15)21(27)25(22(29)24-20)16-8-10-18(11-9-16)28-17-6-2-1-3-7-17/h1-14H,(H,24,26,29)/b19-13+. The normalized spacial score (nSPS) is 15.4. The van der Waals surface area contributed by atoms with Crippen LogP contribution in [0.1, 0.15) is 5.56 Å². The van der Waals surface area contributed by atoms with Crippen molar-refractivity contribution in [3.63, 3.8) is 0 Å². The maximum Gasteiger partial charge on any atom is 0.270 e. The molecule has 0 aliphatic carbocycles. The minimum Gasteiger partial charge on any atom is -0.457 e. The molecule has 0 spiro atoms. The van der Waals surface area contributed by atoms with E-state index in [1.165, 1.54) is 11.0 Å². The van der Waals surface area contributed by atoms with E-state index in [4.69, 9.17) is 17.0 Å². The van der Waals surface area contributed by atoms with Gasteiger partial charge in [-0.1, -0.05) is 24.3 Å². The van der Waals surface area contributed by atoms with Crippen LogP contribution in [0.5, 0.6) is 11.5 Å². The molecule has 142 valence electrons. The number of carbonyl (C=O) groups excluding carboxylic acids is 2. The maximum absolute atomic E-state index is 13.0. The van der Waals surface area contributed by atoms with E-state index >= 15 is 0 Å². The summed E-state index contributed by atoms with van der Waals surface area (Å²) in [4.78, 5) is 30.6. The fourth-order valence-corrected chi connectivity index (χ4v) is 3.09. The Morgan fingerprint density at radius 3 is 2.34 bits per heavy atom. The smallest absolute Gasteiger partial charge is 0.270 e. The quantitative estimate of drug-likeness (QED) is 0.410. The number of thiocarbonyl (C=S) groups is 1. The Labute approximate surface area is 172 Å². The van der Waals surface area contributed by atoms with Gasteiger partial charge in [-0.05, 0) is 66.3 Å². The lowest BCUT2D eigenvalue weighted by atomic mass is 10.1. The van der Waals surface area contributed by atoms with Crippen molar-refractivity contribution in [2.45, 2.75) is 0 Å². The number of carbonyl (C=O) groups is 2. The highest BCUT2D eigenvalue weighted by molar-refractivity contribution is 7.80. The van der Waals surface area contributed by atoms with Crippen molar-refractivity contribution in [1.82, 2.24) is 10.3 Å². The average Bonchev–Trinajstić information content (AvgIpc) is 2.74. The number of aromatic nitrogens is 1. The lowest BCUT2D eigenvalue weighted by Gasteiger charge is -2.29. The molecule has 1 saturated heterocycles. The van der Waals surface area contributed by atoms with Crippen molar-refractivity contribution >= 4 is 40.9 Å². The van der Waals surface area contributed by atoms with Crippen LogP contribution in [0.2, 0.25) is 0 Å². The molecule has 0 atom stereocenters. The Morgan fingerprint density at radius 1 is 0.931 bits per heavy atom. The Balaban J connectivity index is 1.60. The minimum absolute atomic E-state index is 0.0174. The zero-order valence-electron chi connectivity index (χ0n) is 15.1. The van der Waals surface area contributed by atoms with Crippen molar-refractivity contribution in [2.75, 3.05) is 4.90 Å². The van der Waals surface area contributed by atoms with Gasteiger partial charge in [0.25, 0.3) is 11.8 Å². The molecular weight excluding hydrogens is 386 g/mol. The van der Waals surface area contributed by atoms with Gasteiger partial charge in [-0.2, -0.15) is 0 Å². The van der Waals surface area contributed by atoms with Gasteiger partial charge in [0.2, 0.25) is 0 Å². The van der Waals surface area contributed by atoms with Crippen molar-refractivity contribution in [2.24, 2.45) is 0 Å². The van der Waals surface area contributed by atoms with Gasteiger partial charge in [0.15, 0.2) is 5.11 Å². The fourth-order valence-electron chi connectivity index (χ4n) is 2.81. The Kier molecular flexibility index (Phi) is 5.13. The third-order valence-corrected chi connectivity index (χ3v) is 4.46. The Bertz CT molecular complexity index is 1100. The summed E-state index contributed by atoms with van der Waals surface area (Å²) in [6, 6.07) is 19.7. The van der Waals surface area contributed by atoms with Crippen LogP contribution in [-0.2, 0) is 9.59 Å². The number of hydrogen-bond donors (Lipinski definition) is 1. The number of amides is 2. The van der Waals surface area contributed by atoms with Crippen LogP contribution in [0.25, 0.3) is 6.08 Å². The van der Waals surface area contributed by atoms with Crippen molar-refractivity contribution in [1.29, 1.82) is 0 Å². The summed E-state index contributed by atoms with van der Waals surface area (Å²) in [5.41, 5.74) is 1.15. The summed E-state index contributed by atoms with van der Waals surface area (Å²) >= 11 is 5.22. The van der Waals surface area contributed by atoms with Crippen LogP contribution in [0.3, 0.4) is 0 Å². The van der Waals surface area contributed by atoms with Crippen LogP contribution in [0.15, 0.2) is 84.7 Å². The minimum atomic E-state index is -0.538. The van der Waals surface area contributed by atoms with E-state index in [-0.39, 0.29) is 10.7 Å².